The van der Waals surface area contributed by atoms with Gasteiger partial charge in [-0.15, -0.1) is 0 Å². The van der Waals surface area contributed by atoms with Gasteiger partial charge in [-0.2, -0.15) is 0 Å². The van der Waals surface area contributed by atoms with E-state index in [0.717, 1.165) is 12.1 Å². The molecule has 2 N–H and O–H groups in total. The number of nitrogens with one attached hydrogen (secondary N) is 1. The normalized spacial score (nSPS) is 18.0. The molecule has 1 aliphatic carbocycles. The second-order valence-electron chi connectivity index (χ2n) is 7.27. The predicted molar refractivity (Wildman–Crippen MR) is 107 cm³/mol. The number of fused-ring (bicyclic) bond motifs is 2. The van der Waals surface area contributed by atoms with Crippen LogP contribution >= 0.6 is 11.6 Å². The molecule has 0 radical (unpaired) electrons. The number of halogens is 3. The van der Waals surface area contributed by atoms with Crippen LogP contribution in [0.15, 0.2) is 62.0 Å². The molecule has 4 aromatic rings. The Labute approximate surface area is 176 Å². The molecule has 2 heterocycles. The second kappa shape index (κ2) is 6.17. The third kappa shape index (κ3) is 2.80. The Morgan fingerprint density at radius 3 is 2.55 bits per heavy atom. The van der Waals surface area contributed by atoms with Crippen LogP contribution in [-0.2, 0) is 9.84 Å². The number of rotatable bonds is 3. The van der Waals surface area contributed by atoms with Crippen LogP contribution in [0.25, 0.3) is 21.8 Å². The van der Waals surface area contributed by atoms with Gasteiger partial charge in [0.2, 0.25) is 9.84 Å². The minimum Gasteiger partial charge on any atom is -0.421 e. The first kappa shape index (κ1) is 19.8. The fraction of sp³-hybridized carbons (Fsp3) is 0.158. The zero-order chi connectivity index (χ0) is 22.3. The first-order chi connectivity index (χ1) is 14.5. The molecule has 0 spiro atoms. The molecule has 2 aromatic heterocycles. The van der Waals surface area contributed by atoms with Crippen molar-refractivity contribution >= 4 is 43.2 Å². The average molecular weight is 468 g/mol. The summed E-state index contributed by atoms with van der Waals surface area (Å²) < 4.78 is 55.0. The van der Waals surface area contributed by atoms with Crippen LogP contribution in [0.5, 0.6) is 0 Å². The standard InChI is InChI=1S/C19H12ClF2N3O5S/c20-11-3-4-13(16-15(11)17(26)25(28)18(27)23-16)31(29,30)10-2-1-9-5-6-24(12(9)7-10)14-8-19(14,21)22/h1-7,14,28H,8H2,(H,23,27)/t14-/m1/s1. The number of benzene rings is 2. The lowest BCUT2D eigenvalue weighted by Gasteiger charge is -2.11. The molecule has 0 unspecified atom stereocenters. The minimum absolute atomic E-state index is 0.168. The largest absolute Gasteiger partial charge is 0.421 e. The van der Waals surface area contributed by atoms with Crippen molar-refractivity contribution in [1.29, 1.82) is 0 Å². The summed E-state index contributed by atoms with van der Waals surface area (Å²) >= 11 is 5.99. The van der Waals surface area contributed by atoms with Gasteiger partial charge in [0.25, 0.3) is 11.5 Å². The zero-order valence-electron chi connectivity index (χ0n) is 15.3. The number of hydrogen-bond donors (Lipinski definition) is 2. The Hall–Kier alpha value is -3.18. The molecule has 0 bridgehead atoms. The van der Waals surface area contributed by atoms with Crippen LogP contribution in [0.3, 0.4) is 0 Å². The smallest absolute Gasteiger partial charge is 0.362 e. The molecule has 2 aromatic carbocycles. The average Bonchev–Trinajstić information content (AvgIpc) is 3.15. The molecular formula is C19H12ClF2N3O5S. The lowest BCUT2D eigenvalue weighted by atomic mass is 10.2. The summed E-state index contributed by atoms with van der Waals surface area (Å²) in [5, 5.41) is 9.59. The summed E-state index contributed by atoms with van der Waals surface area (Å²) in [6.45, 7) is 0. The van der Waals surface area contributed by atoms with Crippen LogP contribution in [0.1, 0.15) is 12.5 Å². The fourth-order valence-electron chi connectivity index (χ4n) is 3.67. The van der Waals surface area contributed by atoms with Crippen LogP contribution in [0, 0.1) is 0 Å². The molecule has 0 aliphatic heterocycles. The molecule has 0 saturated heterocycles. The van der Waals surface area contributed by atoms with Gasteiger partial charge in [0.1, 0.15) is 6.04 Å². The highest BCUT2D eigenvalue weighted by Crippen LogP contribution is 2.53. The minimum atomic E-state index is -4.31. The number of nitrogens with zero attached hydrogens (tertiary/aromatic N) is 2. The number of aromatic amines is 1. The monoisotopic (exact) mass is 467 g/mol. The van der Waals surface area contributed by atoms with E-state index in [1.807, 2.05) is 0 Å². The SMILES string of the molecule is O=c1[nH]c2c(S(=O)(=O)c3ccc4ccn([C@@H]5CC5(F)F)c4c3)ccc(Cl)c2c(=O)n1O. The zero-order valence-corrected chi connectivity index (χ0v) is 16.9. The van der Waals surface area contributed by atoms with Gasteiger partial charge in [0.15, 0.2) is 0 Å². The van der Waals surface area contributed by atoms with Gasteiger partial charge in [0.05, 0.1) is 25.7 Å². The maximum absolute atomic E-state index is 13.6. The highest BCUT2D eigenvalue weighted by atomic mass is 35.5. The van der Waals surface area contributed by atoms with Crippen LogP contribution < -0.4 is 11.2 Å². The number of aromatic nitrogens is 3. The number of hydrogen-bond acceptors (Lipinski definition) is 5. The van der Waals surface area contributed by atoms with Crippen molar-refractivity contribution < 1.29 is 22.4 Å². The lowest BCUT2D eigenvalue weighted by molar-refractivity contribution is 0.102. The molecule has 5 rings (SSSR count). The van der Waals surface area contributed by atoms with E-state index in [1.54, 1.807) is 6.07 Å². The Bertz CT molecular complexity index is 1640. The van der Waals surface area contributed by atoms with E-state index < -0.39 is 37.9 Å². The van der Waals surface area contributed by atoms with Crippen LogP contribution in [0.2, 0.25) is 5.02 Å². The van der Waals surface area contributed by atoms with Gasteiger partial charge in [-0.1, -0.05) is 22.4 Å². The van der Waals surface area contributed by atoms with Crippen LogP contribution in [0.4, 0.5) is 8.78 Å². The number of sulfone groups is 1. The number of H-pyrrole nitrogens is 1. The maximum atomic E-state index is 13.6. The maximum Gasteiger partial charge on any atom is 0.362 e. The van der Waals surface area contributed by atoms with E-state index in [9.17, 15) is 32.0 Å². The third-order valence-electron chi connectivity index (χ3n) is 5.37. The van der Waals surface area contributed by atoms with E-state index in [1.165, 1.54) is 29.0 Å². The summed E-state index contributed by atoms with van der Waals surface area (Å²) in [4.78, 5) is 25.6. The van der Waals surface area contributed by atoms with E-state index >= 15 is 0 Å². The first-order valence-corrected chi connectivity index (χ1v) is 10.8. The molecule has 1 fully saturated rings. The Kier molecular flexibility index (Phi) is 3.94. The van der Waals surface area contributed by atoms with Gasteiger partial charge in [-0.05, 0) is 35.7 Å². The molecule has 1 aliphatic rings. The van der Waals surface area contributed by atoms with Crippen molar-refractivity contribution in [2.75, 3.05) is 0 Å². The Morgan fingerprint density at radius 2 is 1.87 bits per heavy atom. The van der Waals surface area contributed by atoms with Crippen LogP contribution in [-0.4, -0.2) is 33.8 Å². The summed E-state index contributed by atoms with van der Waals surface area (Å²) in [5.74, 6) is -2.85. The van der Waals surface area contributed by atoms with Crippen molar-refractivity contribution in [1.82, 2.24) is 14.3 Å². The quantitative estimate of drug-likeness (QED) is 0.450. The first-order valence-electron chi connectivity index (χ1n) is 8.93. The third-order valence-corrected chi connectivity index (χ3v) is 7.48. The van der Waals surface area contributed by atoms with Gasteiger partial charge >= 0.3 is 5.69 Å². The molecule has 0 amide bonds. The second-order valence-corrected chi connectivity index (χ2v) is 9.60. The molecule has 8 nitrogen and oxygen atoms in total. The van der Waals surface area contributed by atoms with E-state index in [2.05, 4.69) is 4.98 Å². The van der Waals surface area contributed by atoms with Gasteiger partial charge in [0, 0.05) is 18.1 Å². The molecule has 1 saturated carbocycles. The van der Waals surface area contributed by atoms with Gasteiger partial charge < -0.3 is 14.8 Å². The Morgan fingerprint density at radius 1 is 1.16 bits per heavy atom. The summed E-state index contributed by atoms with van der Waals surface area (Å²) in [7, 11) is -4.31. The van der Waals surface area contributed by atoms with E-state index in [0.29, 0.717) is 10.9 Å². The topological polar surface area (TPSA) is 114 Å². The molecule has 160 valence electrons. The molecule has 1 atom stereocenters. The lowest BCUT2D eigenvalue weighted by Crippen LogP contribution is -2.33. The van der Waals surface area contributed by atoms with Crippen molar-refractivity contribution in [3.05, 3.63) is 68.5 Å². The highest BCUT2D eigenvalue weighted by Gasteiger charge is 2.58. The van der Waals surface area contributed by atoms with E-state index in [-0.39, 0.29) is 32.0 Å². The van der Waals surface area contributed by atoms with Crippen molar-refractivity contribution in [2.24, 2.45) is 0 Å². The van der Waals surface area contributed by atoms with Crippen molar-refractivity contribution in [3.8, 4) is 0 Å². The van der Waals surface area contributed by atoms with Gasteiger partial charge in [-0.3, -0.25) is 4.79 Å². The van der Waals surface area contributed by atoms with Crippen molar-refractivity contribution in [2.45, 2.75) is 28.2 Å². The van der Waals surface area contributed by atoms with E-state index in [4.69, 9.17) is 11.6 Å². The fourth-order valence-corrected chi connectivity index (χ4v) is 5.34. The molecule has 12 heteroatoms. The molecular weight excluding hydrogens is 456 g/mol. The highest BCUT2D eigenvalue weighted by molar-refractivity contribution is 7.91. The number of alkyl halides is 2. The van der Waals surface area contributed by atoms with Gasteiger partial charge in [-0.25, -0.2) is 22.0 Å². The van der Waals surface area contributed by atoms with Crippen molar-refractivity contribution in [3.63, 3.8) is 0 Å². The summed E-state index contributed by atoms with van der Waals surface area (Å²) in [6.07, 6.45) is 1.15. The summed E-state index contributed by atoms with van der Waals surface area (Å²) in [6, 6.07) is 6.90. The summed E-state index contributed by atoms with van der Waals surface area (Å²) in [5.41, 5.74) is -2.47. The predicted octanol–water partition coefficient (Wildman–Crippen LogP) is 2.95. The Balaban J connectivity index is 1.75. The molecule has 31 heavy (non-hydrogen) atoms.